The van der Waals surface area contributed by atoms with Gasteiger partial charge in [-0.1, -0.05) is 0 Å². The minimum Gasteiger partial charge on any atom is -0.381 e. The fourth-order valence-corrected chi connectivity index (χ4v) is 5.74. The number of nitrogens with zero attached hydrogens (tertiary/aromatic N) is 2. The molecule has 32 heavy (non-hydrogen) atoms. The standard InChI is InChI=1S/C24H30FN3O4/c25-17-11-18(16-3-7-27(8-4-16)13-15-5-9-32-10-6-15)20-14-28(24(31)19(20)12-17)21-1-2-22(29)26-23(21)30/h11-12,15-16,21H,1-10,13-14H2,(H,26,29,30). The zero-order valence-corrected chi connectivity index (χ0v) is 18.3. The molecule has 4 heterocycles. The van der Waals surface area contributed by atoms with Crippen LogP contribution in [-0.4, -0.2) is 66.4 Å². The first-order valence-corrected chi connectivity index (χ1v) is 11.8. The zero-order chi connectivity index (χ0) is 22.2. The van der Waals surface area contributed by atoms with Crippen molar-refractivity contribution in [3.05, 3.63) is 34.6 Å². The molecule has 3 saturated heterocycles. The average Bonchev–Trinajstić information content (AvgIpc) is 3.11. The van der Waals surface area contributed by atoms with Crippen molar-refractivity contribution in [1.29, 1.82) is 0 Å². The molecule has 0 saturated carbocycles. The zero-order valence-electron chi connectivity index (χ0n) is 18.3. The quantitative estimate of drug-likeness (QED) is 0.722. The van der Waals surface area contributed by atoms with Crippen LogP contribution in [0.5, 0.6) is 0 Å². The number of nitrogens with one attached hydrogen (secondary N) is 1. The number of amides is 3. The minimum atomic E-state index is -0.676. The van der Waals surface area contributed by atoms with Crippen molar-refractivity contribution >= 4 is 17.7 Å². The van der Waals surface area contributed by atoms with Crippen molar-refractivity contribution < 1.29 is 23.5 Å². The number of imide groups is 1. The van der Waals surface area contributed by atoms with Gasteiger partial charge in [-0.05, 0) is 80.3 Å². The van der Waals surface area contributed by atoms with E-state index in [9.17, 15) is 18.8 Å². The molecule has 0 aliphatic carbocycles. The Morgan fingerprint density at radius 1 is 1.03 bits per heavy atom. The summed E-state index contributed by atoms with van der Waals surface area (Å²) in [5, 5.41) is 2.32. The molecule has 4 aliphatic heterocycles. The number of fused-ring (bicyclic) bond motifs is 1. The summed E-state index contributed by atoms with van der Waals surface area (Å²) in [7, 11) is 0. The van der Waals surface area contributed by atoms with Crippen LogP contribution in [-0.2, 0) is 20.9 Å². The van der Waals surface area contributed by atoms with E-state index in [0.717, 1.165) is 69.7 Å². The van der Waals surface area contributed by atoms with E-state index < -0.39 is 17.8 Å². The maximum atomic E-state index is 14.5. The van der Waals surface area contributed by atoms with Gasteiger partial charge in [-0.15, -0.1) is 0 Å². The number of benzene rings is 1. The van der Waals surface area contributed by atoms with Crippen molar-refractivity contribution in [2.45, 2.75) is 57.0 Å². The Hall–Kier alpha value is -2.32. The molecular formula is C24H30FN3O4. The van der Waals surface area contributed by atoms with Gasteiger partial charge in [0, 0.05) is 38.3 Å². The van der Waals surface area contributed by atoms with Gasteiger partial charge in [0.25, 0.3) is 5.91 Å². The molecule has 1 N–H and O–H groups in total. The number of carbonyl (C=O) groups excluding carboxylic acids is 3. The van der Waals surface area contributed by atoms with Crippen LogP contribution in [0.25, 0.3) is 0 Å². The smallest absolute Gasteiger partial charge is 0.255 e. The molecule has 0 aromatic heterocycles. The summed E-state index contributed by atoms with van der Waals surface area (Å²) in [5.74, 6) is -0.562. The third kappa shape index (κ3) is 4.18. The summed E-state index contributed by atoms with van der Waals surface area (Å²) in [6.45, 7) is 5.05. The van der Waals surface area contributed by atoms with Crippen LogP contribution < -0.4 is 5.32 Å². The molecule has 1 aromatic carbocycles. The van der Waals surface area contributed by atoms with E-state index in [0.29, 0.717) is 24.4 Å². The Labute approximate surface area is 187 Å². The van der Waals surface area contributed by atoms with Gasteiger partial charge >= 0.3 is 0 Å². The fraction of sp³-hybridized carbons (Fsp3) is 0.625. The summed E-state index contributed by atoms with van der Waals surface area (Å²) in [6, 6.07) is 2.21. The van der Waals surface area contributed by atoms with Crippen molar-refractivity contribution in [3.63, 3.8) is 0 Å². The lowest BCUT2D eigenvalue weighted by molar-refractivity contribution is -0.136. The molecule has 7 nitrogen and oxygen atoms in total. The fourth-order valence-electron chi connectivity index (χ4n) is 5.74. The monoisotopic (exact) mass is 443 g/mol. The Bertz CT molecular complexity index is 922. The lowest BCUT2D eigenvalue weighted by Crippen LogP contribution is -2.52. The second-order valence-corrected chi connectivity index (χ2v) is 9.55. The van der Waals surface area contributed by atoms with E-state index in [1.807, 2.05) is 0 Å². The van der Waals surface area contributed by atoms with E-state index in [4.69, 9.17) is 4.74 Å². The van der Waals surface area contributed by atoms with Crippen LogP contribution in [0.1, 0.15) is 65.9 Å². The number of piperidine rings is 2. The molecule has 4 aliphatic rings. The number of hydrogen-bond donors (Lipinski definition) is 1. The first-order chi connectivity index (χ1) is 15.5. The Morgan fingerprint density at radius 3 is 2.50 bits per heavy atom. The highest BCUT2D eigenvalue weighted by atomic mass is 19.1. The average molecular weight is 444 g/mol. The second kappa shape index (κ2) is 8.90. The Kier molecular flexibility index (Phi) is 5.99. The van der Waals surface area contributed by atoms with Gasteiger partial charge < -0.3 is 14.5 Å². The van der Waals surface area contributed by atoms with Crippen LogP contribution in [0, 0.1) is 11.7 Å². The van der Waals surface area contributed by atoms with Crippen molar-refractivity contribution in [2.24, 2.45) is 5.92 Å². The predicted molar refractivity (Wildman–Crippen MR) is 114 cm³/mol. The first-order valence-electron chi connectivity index (χ1n) is 11.8. The van der Waals surface area contributed by atoms with Crippen LogP contribution in [0.15, 0.2) is 12.1 Å². The van der Waals surface area contributed by atoms with E-state index in [1.165, 1.54) is 11.0 Å². The second-order valence-electron chi connectivity index (χ2n) is 9.55. The number of rotatable bonds is 4. The number of halogens is 1. The lowest BCUT2D eigenvalue weighted by Gasteiger charge is -2.36. The molecule has 1 atom stereocenters. The molecule has 3 fully saturated rings. The van der Waals surface area contributed by atoms with Crippen molar-refractivity contribution in [1.82, 2.24) is 15.1 Å². The van der Waals surface area contributed by atoms with Gasteiger partial charge in [-0.25, -0.2) is 4.39 Å². The Morgan fingerprint density at radius 2 is 1.78 bits per heavy atom. The van der Waals surface area contributed by atoms with E-state index >= 15 is 0 Å². The highest BCUT2D eigenvalue weighted by Crippen LogP contribution is 2.38. The summed E-state index contributed by atoms with van der Waals surface area (Å²) in [4.78, 5) is 40.9. The minimum absolute atomic E-state index is 0.208. The van der Waals surface area contributed by atoms with Crippen LogP contribution >= 0.6 is 0 Å². The predicted octanol–water partition coefficient (Wildman–Crippen LogP) is 2.19. The molecule has 172 valence electrons. The number of carbonyl (C=O) groups is 3. The van der Waals surface area contributed by atoms with E-state index in [1.54, 1.807) is 6.07 Å². The van der Waals surface area contributed by atoms with Crippen LogP contribution in [0.4, 0.5) is 4.39 Å². The molecule has 0 spiro atoms. The van der Waals surface area contributed by atoms with Gasteiger partial charge in [0.1, 0.15) is 11.9 Å². The van der Waals surface area contributed by atoms with Gasteiger partial charge in [0.2, 0.25) is 11.8 Å². The van der Waals surface area contributed by atoms with Gasteiger partial charge in [-0.3, -0.25) is 19.7 Å². The molecule has 0 bridgehead atoms. The highest BCUT2D eigenvalue weighted by molar-refractivity contribution is 6.05. The summed E-state index contributed by atoms with van der Waals surface area (Å²) in [6.07, 6.45) is 4.64. The third-order valence-electron chi connectivity index (χ3n) is 7.54. The maximum Gasteiger partial charge on any atom is 0.255 e. The molecule has 1 aromatic rings. The van der Waals surface area contributed by atoms with Gasteiger partial charge in [0.05, 0.1) is 0 Å². The molecule has 5 rings (SSSR count). The largest absolute Gasteiger partial charge is 0.381 e. The normalized spacial score (nSPS) is 25.8. The molecule has 3 amide bonds. The van der Waals surface area contributed by atoms with Crippen LogP contribution in [0.2, 0.25) is 0 Å². The summed E-state index contributed by atoms with van der Waals surface area (Å²) < 4.78 is 20.0. The van der Waals surface area contributed by atoms with Gasteiger partial charge in [0.15, 0.2) is 0 Å². The Balaban J connectivity index is 1.29. The first kappa shape index (κ1) is 21.5. The number of hydrogen-bond acceptors (Lipinski definition) is 5. The highest BCUT2D eigenvalue weighted by Gasteiger charge is 2.41. The maximum absolute atomic E-state index is 14.5. The molecular weight excluding hydrogens is 413 g/mol. The SMILES string of the molecule is O=C1CCC(N2Cc3c(cc(F)cc3C3CCN(CC4CCOCC4)CC3)C2=O)C(=O)N1. The van der Waals surface area contributed by atoms with E-state index in [2.05, 4.69) is 10.2 Å². The van der Waals surface area contributed by atoms with Crippen molar-refractivity contribution in [2.75, 3.05) is 32.8 Å². The lowest BCUT2D eigenvalue weighted by atomic mass is 9.85. The molecule has 1 unspecified atom stereocenters. The molecule has 0 radical (unpaired) electrons. The summed E-state index contributed by atoms with van der Waals surface area (Å²) >= 11 is 0. The van der Waals surface area contributed by atoms with Crippen LogP contribution in [0.3, 0.4) is 0 Å². The molecule has 8 heteroatoms. The topological polar surface area (TPSA) is 79.0 Å². The summed E-state index contributed by atoms with van der Waals surface area (Å²) in [5.41, 5.74) is 2.13. The third-order valence-corrected chi connectivity index (χ3v) is 7.54. The van der Waals surface area contributed by atoms with E-state index in [-0.39, 0.29) is 24.2 Å². The number of ether oxygens (including phenoxy) is 1. The van der Waals surface area contributed by atoms with Gasteiger partial charge in [-0.2, -0.15) is 0 Å². The number of likely N-dealkylation sites (tertiary alicyclic amines) is 1. The van der Waals surface area contributed by atoms with Crippen molar-refractivity contribution in [3.8, 4) is 0 Å².